The molecule has 1 aromatic heterocycles. The molecule has 1 aliphatic heterocycles. The lowest BCUT2D eigenvalue weighted by Crippen LogP contribution is -2.14. The van der Waals surface area contributed by atoms with Gasteiger partial charge in [0.05, 0.1) is 22.1 Å². The molecule has 0 fully saturated rings. The second-order valence-electron chi connectivity index (χ2n) is 4.95. The van der Waals surface area contributed by atoms with Crippen molar-refractivity contribution in [1.29, 1.82) is 0 Å². The molecule has 3 aromatic rings. The van der Waals surface area contributed by atoms with Crippen LogP contribution in [0.2, 0.25) is 0 Å². The highest BCUT2D eigenvalue weighted by Gasteiger charge is 2.14. The van der Waals surface area contributed by atoms with Crippen LogP contribution in [-0.4, -0.2) is 17.7 Å². The first-order valence-corrected chi connectivity index (χ1v) is 7.67. The van der Waals surface area contributed by atoms with Crippen LogP contribution >= 0.6 is 11.3 Å². The van der Waals surface area contributed by atoms with Crippen molar-refractivity contribution >= 4 is 33.1 Å². The number of carbonyl (C=O) groups is 1. The molecule has 2 heterocycles. The van der Waals surface area contributed by atoms with Crippen LogP contribution in [0, 0.1) is 0 Å². The molecule has 1 aliphatic rings. The van der Waals surface area contributed by atoms with Gasteiger partial charge < -0.3 is 14.8 Å². The summed E-state index contributed by atoms with van der Waals surface area (Å²) in [5.74, 6) is 1.33. The Morgan fingerprint density at radius 3 is 3.05 bits per heavy atom. The number of nitrogens with one attached hydrogen (secondary N) is 1. The van der Waals surface area contributed by atoms with Crippen LogP contribution in [0.3, 0.4) is 0 Å². The van der Waals surface area contributed by atoms with Crippen molar-refractivity contribution in [1.82, 2.24) is 4.98 Å². The highest BCUT2D eigenvalue weighted by molar-refractivity contribution is 7.16. The first-order chi connectivity index (χ1) is 10.8. The summed E-state index contributed by atoms with van der Waals surface area (Å²) in [5, 5.41) is 2.89. The van der Waals surface area contributed by atoms with Gasteiger partial charge in [-0.3, -0.25) is 4.79 Å². The topological polar surface area (TPSA) is 60.5 Å². The van der Waals surface area contributed by atoms with E-state index in [-0.39, 0.29) is 19.1 Å². The number of carbonyl (C=O) groups excluding carboxylic acids is 1. The Morgan fingerprint density at radius 2 is 2.09 bits per heavy atom. The fourth-order valence-corrected chi connectivity index (χ4v) is 3.04. The standard InChI is InChI=1S/C16H12N2O3S/c19-16(6-10-1-3-13-14(5-10)21-9-20-13)18-11-2-4-15-12(7-11)17-8-22-15/h1-5,7-8H,6,9H2,(H,18,19). The molecule has 0 bridgehead atoms. The van der Waals surface area contributed by atoms with Crippen molar-refractivity contribution in [3.63, 3.8) is 0 Å². The van der Waals surface area contributed by atoms with Gasteiger partial charge in [0, 0.05) is 5.69 Å². The molecular weight excluding hydrogens is 300 g/mol. The number of thiazole rings is 1. The molecule has 0 aliphatic carbocycles. The van der Waals surface area contributed by atoms with Crippen molar-refractivity contribution in [2.24, 2.45) is 0 Å². The Balaban J connectivity index is 1.47. The molecule has 0 saturated heterocycles. The van der Waals surface area contributed by atoms with Gasteiger partial charge >= 0.3 is 0 Å². The lowest BCUT2D eigenvalue weighted by atomic mass is 10.1. The normalized spacial score (nSPS) is 12.5. The average Bonchev–Trinajstić information content (AvgIpc) is 3.14. The van der Waals surface area contributed by atoms with Gasteiger partial charge in [0.25, 0.3) is 0 Å². The zero-order chi connectivity index (χ0) is 14.9. The summed E-state index contributed by atoms with van der Waals surface area (Å²) in [7, 11) is 0. The van der Waals surface area contributed by atoms with Crippen molar-refractivity contribution in [2.45, 2.75) is 6.42 Å². The van der Waals surface area contributed by atoms with E-state index in [1.54, 1.807) is 16.8 Å². The lowest BCUT2D eigenvalue weighted by Gasteiger charge is -2.06. The summed E-state index contributed by atoms with van der Waals surface area (Å²) >= 11 is 1.58. The van der Waals surface area contributed by atoms with Crippen LogP contribution < -0.4 is 14.8 Å². The molecular formula is C16H12N2O3S. The van der Waals surface area contributed by atoms with Gasteiger partial charge in [0.15, 0.2) is 11.5 Å². The van der Waals surface area contributed by atoms with Crippen molar-refractivity contribution in [2.75, 3.05) is 12.1 Å². The lowest BCUT2D eigenvalue weighted by molar-refractivity contribution is -0.115. The zero-order valence-corrected chi connectivity index (χ0v) is 12.4. The van der Waals surface area contributed by atoms with Crippen LogP contribution in [0.1, 0.15) is 5.56 Å². The van der Waals surface area contributed by atoms with Crippen LogP contribution in [-0.2, 0) is 11.2 Å². The molecule has 1 amide bonds. The van der Waals surface area contributed by atoms with E-state index in [4.69, 9.17) is 9.47 Å². The van der Waals surface area contributed by atoms with Gasteiger partial charge in [0.2, 0.25) is 12.7 Å². The largest absolute Gasteiger partial charge is 0.454 e. The van der Waals surface area contributed by atoms with Crippen molar-refractivity contribution in [3.05, 3.63) is 47.5 Å². The number of fused-ring (bicyclic) bond motifs is 2. The summed E-state index contributed by atoms with van der Waals surface area (Å²) in [6, 6.07) is 11.3. The molecule has 4 rings (SSSR count). The highest BCUT2D eigenvalue weighted by atomic mass is 32.1. The van der Waals surface area contributed by atoms with Crippen LogP contribution in [0.5, 0.6) is 11.5 Å². The fourth-order valence-electron chi connectivity index (χ4n) is 2.38. The second kappa shape index (κ2) is 5.31. The first kappa shape index (κ1) is 13.1. The average molecular weight is 312 g/mol. The predicted molar refractivity (Wildman–Crippen MR) is 84.5 cm³/mol. The number of aromatic nitrogens is 1. The van der Waals surface area contributed by atoms with Crippen molar-refractivity contribution in [3.8, 4) is 11.5 Å². The summed E-state index contributed by atoms with van der Waals surface area (Å²) < 4.78 is 11.7. The number of ether oxygens (including phenoxy) is 2. The van der Waals surface area contributed by atoms with Crippen LogP contribution in [0.15, 0.2) is 41.9 Å². The molecule has 5 nitrogen and oxygen atoms in total. The van der Waals surface area contributed by atoms with Gasteiger partial charge in [-0.05, 0) is 35.9 Å². The molecule has 0 saturated carbocycles. The quantitative estimate of drug-likeness (QED) is 0.807. The summed E-state index contributed by atoms with van der Waals surface area (Å²) in [4.78, 5) is 16.4. The molecule has 0 unspecified atom stereocenters. The Morgan fingerprint density at radius 1 is 1.18 bits per heavy atom. The monoisotopic (exact) mass is 312 g/mol. The van der Waals surface area contributed by atoms with Crippen molar-refractivity contribution < 1.29 is 14.3 Å². The Labute approximate surface area is 130 Å². The van der Waals surface area contributed by atoms with Gasteiger partial charge in [-0.2, -0.15) is 0 Å². The highest BCUT2D eigenvalue weighted by Crippen LogP contribution is 2.32. The molecule has 22 heavy (non-hydrogen) atoms. The Hall–Kier alpha value is -2.60. The van der Waals surface area contributed by atoms with E-state index >= 15 is 0 Å². The van der Waals surface area contributed by atoms with E-state index in [1.165, 1.54) is 0 Å². The van der Waals surface area contributed by atoms with E-state index in [1.807, 2.05) is 36.4 Å². The first-order valence-electron chi connectivity index (χ1n) is 6.79. The molecule has 1 N–H and O–H groups in total. The minimum absolute atomic E-state index is 0.0755. The van der Waals surface area contributed by atoms with Crippen LogP contribution in [0.4, 0.5) is 5.69 Å². The third-order valence-corrected chi connectivity index (χ3v) is 4.23. The molecule has 110 valence electrons. The number of anilines is 1. The number of amides is 1. The summed E-state index contributed by atoms with van der Waals surface area (Å²) in [6.07, 6.45) is 0.283. The predicted octanol–water partition coefficient (Wildman–Crippen LogP) is 3.21. The molecule has 0 radical (unpaired) electrons. The smallest absolute Gasteiger partial charge is 0.231 e. The Kier molecular flexibility index (Phi) is 3.16. The number of benzene rings is 2. The number of hydrogen-bond donors (Lipinski definition) is 1. The number of rotatable bonds is 3. The van der Waals surface area contributed by atoms with Crippen LogP contribution in [0.25, 0.3) is 10.2 Å². The minimum atomic E-state index is -0.0755. The van der Waals surface area contributed by atoms with E-state index in [0.29, 0.717) is 5.75 Å². The third-order valence-electron chi connectivity index (χ3n) is 3.42. The third kappa shape index (κ3) is 2.48. The summed E-state index contributed by atoms with van der Waals surface area (Å²) in [5.41, 5.74) is 4.33. The SMILES string of the molecule is O=C(Cc1ccc2c(c1)OCO2)Nc1ccc2scnc2c1. The molecule has 6 heteroatoms. The van der Waals surface area contributed by atoms with Gasteiger partial charge in [-0.1, -0.05) is 6.07 Å². The van der Waals surface area contributed by atoms with E-state index in [2.05, 4.69) is 10.3 Å². The van der Waals surface area contributed by atoms with E-state index in [9.17, 15) is 4.79 Å². The van der Waals surface area contributed by atoms with Gasteiger partial charge in [-0.25, -0.2) is 4.98 Å². The molecule has 2 aromatic carbocycles. The zero-order valence-electron chi connectivity index (χ0n) is 11.5. The summed E-state index contributed by atoms with van der Waals surface area (Å²) in [6.45, 7) is 0.235. The minimum Gasteiger partial charge on any atom is -0.454 e. The van der Waals surface area contributed by atoms with E-state index < -0.39 is 0 Å². The number of hydrogen-bond acceptors (Lipinski definition) is 5. The maximum absolute atomic E-state index is 12.2. The fraction of sp³-hybridized carbons (Fsp3) is 0.125. The maximum Gasteiger partial charge on any atom is 0.231 e. The van der Waals surface area contributed by atoms with Gasteiger partial charge in [-0.15, -0.1) is 11.3 Å². The van der Waals surface area contributed by atoms with Gasteiger partial charge in [0.1, 0.15) is 0 Å². The Bertz CT molecular complexity index is 859. The molecule has 0 atom stereocenters. The van der Waals surface area contributed by atoms with E-state index in [0.717, 1.165) is 27.2 Å². The maximum atomic E-state index is 12.2. The second-order valence-corrected chi connectivity index (χ2v) is 5.83. The molecule has 0 spiro atoms. The number of nitrogens with zero attached hydrogens (tertiary/aromatic N) is 1.